The monoisotopic (exact) mass is 293 g/mol. The van der Waals surface area contributed by atoms with Gasteiger partial charge in [-0.3, -0.25) is 14.3 Å². The largest absolute Gasteiger partial charge is 0.459 e. The van der Waals surface area contributed by atoms with Crippen molar-refractivity contribution >= 4 is 22.5 Å². The van der Waals surface area contributed by atoms with Gasteiger partial charge in [-0.1, -0.05) is 6.08 Å². The van der Waals surface area contributed by atoms with Crippen LogP contribution in [0.25, 0.3) is 16.6 Å². The van der Waals surface area contributed by atoms with Crippen molar-refractivity contribution in [2.24, 2.45) is 0 Å². The fourth-order valence-electron chi connectivity index (χ4n) is 2.85. The highest BCUT2D eigenvalue weighted by Gasteiger charge is 2.20. The highest BCUT2D eigenvalue weighted by Crippen LogP contribution is 2.29. The molecule has 5 nitrogen and oxygen atoms in total. The van der Waals surface area contributed by atoms with Crippen molar-refractivity contribution in [1.29, 1.82) is 0 Å². The van der Waals surface area contributed by atoms with Crippen LogP contribution in [0.15, 0.2) is 53.4 Å². The van der Waals surface area contributed by atoms with Crippen LogP contribution in [0, 0.1) is 0 Å². The summed E-state index contributed by atoms with van der Waals surface area (Å²) in [5.74, 6) is 0.148. The number of hydrogen-bond donors (Lipinski definition) is 1. The first-order chi connectivity index (χ1) is 10.8. The summed E-state index contributed by atoms with van der Waals surface area (Å²) in [5.41, 5.74) is 3.92. The predicted octanol–water partition coefficient (Wildman–Crippen LogP) is 2.69. The van der Waals surface area contributed by atoms with Gasteiger partial charge in [0, 0.05) is 24.5 Å². The lowest BCUT2D eigenvalue weighted by Gasteiger charge is -2.12. The van der Waals surface area contributed by atoms with Gasteiger partial charge >= 0.3 is 0 Å². The van der Waals surface area contributed by atoms with Crippen LogP contribution in [-0.4, -0.2) is 28.5 Å². The number of aromatic nitrogens is 2. The molecule has 22 heavy (non-hydrogen) atoms. The molecule has 1 N–H and O–H groups in total. The molecule has 0 saturated heterocycles. The van der Waals surface area contributed by atoms with Crippen LogP contribution in [0.4, 0.5) is 0 Å². The first-order valence-electron chi connectivity index (χ1n) is 7.29. The summed E-state index contributed by atoms with van der Waals surface area (Å²) >= 11 is 0. The maximum absolute atomic E-state index is 12.6. The molecule has 0 amide bonds. The van der Waals surface area contributed by atoms with E-state index >= 15 is 0 Å². The number of carbonyl (C=O) groups is 1. The van der Waals surface area contributed by atoms with E-state index in [4.69, 9.17) is 4.42 Å². The Balaban J connectivity index is 1.89. The van der Waals surface area contributed by atoms with Gasteiger partial charge in [0.1, 0.15) is 0 Å². The number of rotatable bonds is 2. The third kappa shape index (κ3) is 2.07. The number of nitrogens with one attached hydrogen (secondary N) is 1. The van der Waals surface area contributed by atoms with Crippen LogP contribution < -0.4 is 5.32 Å². The lowest BCUT2D eigenvalue weighted by Crippen LogP contribution is -2.20. The normalized spacial score (nSPS) is 15.0. The molecule has 110 valence electrons. The van der Waals surface area contributed by atoms with Crippen LogP contribution in [0.2, 0.25) is 0 Å². The molecule has 0 saturated carbocycles. The summed E-state index contributed by atoms with van der Waals surface area (Å²) in [4.78, 5) is 17.1. The predicted molar refractivity (Wildman–Crippen MR) is 83.6 cm³/mol. The van der Waals surface area contributed by atoms with E-state index in [2.05, 4.69) is 16.4 Å². The third-order valence-electron chi connectivity index (χ3n) is 3.92. The van der Waals surface area contributed by atoms with E-state index in [0.29, 0.717) is 5.76 Å². The lowest BCUT2D eigenvalue weighted by atomic mass is 10.0. The van der Waals surface area contributed by atoms with Gasteiger partial charge in [-0.15, -0.1) is 0 Å². The molecule has 5 heteroatoms. The molecule has 0 aromatic carbocycles. The van der Waals surface area contributed by atoms with E-state index in [1.165, 1.54) is 11.8 Å². The van der Waals surface area contributed by atoms with E-state index in [1.807, 2.05) is 18.3 Å². The molecular weight excluding hydrogens is 278 g/mol. The highest BCUT2D eigenvalue weighted by molar-refractivity contribution is 6.02. The molecule has 0 unspecified atom stereocenters. The number of furan rings is 1. The van der Waals surface area contributed by atoms with Gasteiger partial charge in [0.2, 0.25) is 0 Å². The Bertz CT molecular complexity index is 859. The standard InChI is InChI=1S/C17H15N3O2/c21-17(15-4-2-10-22-15)20-11-13(12-5-8-18-9-6-12)16-14(20)3-1-7-19-16/h1-5,7,10-11,18H,6,8-9H2. The molecule has 3 aromatic rings. The number of pyridine rings is 1. The number of nitrogens with zero attached hydrogens (tertiary/aromatic N) is 2. The average molecular weight is 293 g/mol. The smallest absolute Gasteiger partial charge is 0.298 e. The van der Waals surface area contributed by atoms with Crippen molar-refractivity contribution in [2.45, 2.75) is 6.42 Å². The zero-order chi connectivity index (χ0) is 14.9. The van der Waals surface area contributed by atoms with Crippen molar-refractivity contribution in [3.8, 4) is 0 Å². The molecule has 0 fully saturated rings. The molecule has 4 rings (SSSR count). The van der Waals surface area contributed by atoms with Gasteiger partial charge in [0.15, 0.2) is 5.76 Å². The Labute approximate surface area is 127 Å². The molecule has 0 spiro atoms. The molecule has 0 aliphatic carbocycles. The van der Waals surface area contributed by atoms with Crippen molar-refractivity contribution < 1.29 is 9.21 Å². The zero-order valence-electron chi connectivity index (χ0n) is 12.0. The van der Waals surface area contributed by atoms with Crippen LogP contribution in [0.3, 0.4) is 0 Å². The number of hydrogen-bond acceptors (Lipinski definition) is 4. The van der Waals surface area contributed by atoms with Gasteiger partial charge in [-0.25, -0.2) is 0 Å². The Morgan fingerprint density at radius 2 is 2.27 bits per heavy atom. The minimum Gasteiger partial charge on any atom is -0.459 e. The van der Waals surface area contributed by atoms with Gasteiger partial charge < -0.3 is 9.73 Å². The molecule has 3 aromatic heterocycles. The topological polar surface area (TPSA) is 60.1 Å². The Hall–Kier alpha value is -2.66. The highest BCUT2D eigenvalue weighted by atomic mass is 16.3. The molecule has 0 radical (unpaired) electrons. The van der Waals surface area contributed by atoms with Crippen molar-refractivity contribution in [2.75, 3.05) is 13.1 Å². The second kappa shape index (κ2) is 5.27. The fraction of sp³-hybridized carbons (Fsp3) is 0.176. The van der Waals surface area contributed by atoms with Crippen molar-refractivity contribution in [3.05, 3.63) is 60.3 Å². The van der Waals surface area contributed by atoms with E-state index in [9.17, 15) is 4.79 Å². The Morgan fingerprint density at radius 1 is 1.32 bits per heavy atom. The molecule has 1 aliphatic rings. The Morgan fingerprint density at radius 3 is 3.05 bits per heavy atom. The molecular formula is C17H15N3O2. The summed E-state index contributed by atoms with van der Waals surface area (Å²) in [6.45, 7) is 1.79. The van der Waals surface area contributed by atoms with Crippen LogP contribution in [0.1, 0.15) is 22.5 Å². The van der Waals surface area contributed by atoms with E-state index in [1.54, 1.807) is 22.9 Å². The van der Waals surface area contributed by atoms with Crippen LogP contribution in [0.5, 0.6) is 0 Å². The van der Waals surface area contributed by atoms with Crippen LogP contribution >= 0.6 is 0 Å². The maximum Gasteiger partial charge on any atom is 0.298 e. The second-order valence-corrected chi connectivity index (χ2v) is 5.25. The lowest BCUT2D eigenvalue weighted by molar-refractivity contribution is 0.0937. The van der Waals surface area contributed by atoms with E-state index < -0.39 is 0 Å². The number of carbonyl (C=O) groups excluding carboxylic acids is 1. The Kier molecular flexibility index (Phi) is 3.12. The minimum atomic E-state index is -0.177. The fourth-order valence-corrected chi connectivity index (χ4v) is 2.85. The number of fused-ring (bicyclic) bond motifs is 1. The van der Waals surface area contributed by atoms with Gasteiger partial charge in [-0.05, 0) is 42.8 Å². The van der Waals surface area contributed by atoms with Crippen molar-refractivity contribution in [1.82, 2.24) is 14.9 Å². The summed E-state index contributed by atoms with van der Waals surface area (Å²) in [6.07, 6.45) is 8.24. The molecule has 1 aliphatic heterocycles. The minimum absolute atomic E-state index is 0.177. The van der Waals surface area contributed by atoms with Gasteiger partial charge in [0.05, 0.1) is 17.3 Å². The summed E-state index contributed by atoms with van der Waals surface area (Å²) < 4.78 is 6.86. The SMILES string of the molecule is O=C(c1ccco1)n1cc(C2=CCNCC2)c2ncccc21. The third-order valence-corrected chi connectivity index (χ3v) is 3.92. The van der Waals surface area contributed by atoms with Crippen LogP contribution in [-0.2, 0) is 0 Å². The first-order valence-corrected chi connectivity index (χ1v) is 7.29. The van der Waals surface area contributed by atoms with E-state index in [-0.39, 0.29) is 5.91 Å². The summed E-state index contributed by atoms with van der Waals surface area (Å²) in [7, 11) is 0. The molecule has 4 heterocycles. The molecule has 0 atom stereocenters. The average Bonchev–Trinajstić information content (AvgIpc) is 3.23. The van der Waals surface area contributed by atoms with Gasteiger partial charge in [-0.2, -0.15) is 0 Å². The second-order valence-electron chi connectivity index (χ2n) is 5.25. The summed E-state index contributed by atoms with van der Waals surface area (Å²) in [6, 6.07) is 7.14. The maximum atomic E-state index is 12.6. The van der Waals surface area contributed by atoms with E-state index in [0.717, 1.165) is 36.1 Å². The van der Waals surface area contributed by atoms with Gasteiger partial charge in [0.25, 0.3) is 5.91 Å². The van der Waals surface area contributed by atoms with Crippen molar-refractivity contribution in [3.63, 3.8) is 0 Å². The first kappa shape index (κ1) is 13.0. The summed E-state index contributed by atoms with van der Waals surface area (Å²) in [5, 5.41) is 3.30. The molecule has 0 bridgehead atoms. The zero-order valence-corrected chi connectivity index (χ0v) is 12.0. The quantitative estimate of drug-likeness (QED) is 0.789.